The van der Waals surface area contributed by atoms with Crippen molar-refractivity contribution < 1.29 is 4.74 Å². The normalized spacial score (nSPS) is 10.9. The fraction of sp³-hybridized carbons (Fsp3) is 0.235. The molecule has 21 heavy (non-hydrogen) atoms. The van der Waals surface area contributed by atoms with Gasteiger partial charge in [0.2, 0.25) is 0 Å². The molecule has 0 saturated heterocycles. The van der Waals surface area contributed by atoms with E-state index in [0.717, 1.165) is 41.3 Å². The number of benzene rings is 2. The highest BCUT2D eigenvalue weighted by Crippen LogP contribution is 2.19. The monoisotopic (exact) mass is 281 g/mol. The standard InChI is InChI=1S/C17H19N3O/c1-2-11-20-16-6-4-3-5-15(16)19-17(20)12-21-14-9-7-13(18)8-10-14/h3-10H,2,11-12,18H2,1H3. The summed E-state index contributed by atoms with van der Waals surface area (Å²) in [7, 11) is 0. The molecule has 0 atom stereocenters. The molecule has 0 fully saturated rings. The quantitative estimate of drug-likeness (QED) is 0.727. The van der Waals surface area contributed by atoms with Crippen LogP contribution in [0.4, 0.5) is 5.69 Å². The van der Waals surface area contributed by atoms with Crippen LogP contribution in [0.15, 0.2) is 48.5 Å². The van der Waals surface area contributed by atoms with E-state index in [1.807, 2.05) is 42.5 Å². The Kier molecular flexibility index (Phi) is 3.77. The number of nitrogens with two attached hydrogens (primary N) is 1. The van der Waals surface area contributed by atoms with Gasteiger partial charge in [0.25, 0.3) is 0 Å². The molecule has 0 spiro atoms. The van der Waals surface area contributed by atoms with Crippen LogP contribution in [0.25, 0.3) is 11.0 Å². The van der Waals surface area contributed by atoms with Crippen molar-refractivity contribution in [2.75, 3.05) is 5.73 Å². The van der Waals surface area contributed by atoms with Crippen molar-refractivity contribution in [3.63, 3.8) is 0 Å². The first-order valence-corrected chi connectivity index (χ1v) is 7.20. The highest BCUT2D eigenvalue weighted by molar-refractivity contribution is 5.75. The van der Waals surface area contributed by atoms with Crippen LogP contribution in [-0.4, -0.2) is 9.55 Å². The molecule has 0 radical (unpaired) electrons. The van der Waals surface area contributed by atoms with Crippen LogP contribution in [0.2, 0.25) is 0 Å². The zero-order valence-corrected chi connectivity index (χ0v) is 12.1. The lowest BCUT2D eigenvalue weighted by Gasteiger charge is -2.09. The molecule has 3 aromatic rings. The molecule has 2 N–H and O–H groups in total. The number of anilines is 1. The van der Waals surface area contributed by atoms with E-state index in [4.69, 9.17) is 10.5 Å². The van der Waals surface area contributed by atoms with E-state index in [1.54, 1.807) is 0 Å². The van der Waals surface area contributed by atoms with Crippen molar-refractivity contribution >= 4 is 16.7 Å². The summed E-state index contributed by atoms with van der Waals surface area (Å²) in [5.41, 5.74) is 8.59. The van der Waals surface area contributed by atoms with Gasteiger partial charge in [0.1, 0.15) is 18.2 Å². The second-order valence-corrected chi connectivity index (χ2v) is 5.03. The molecule has 2 aromatic carbocycles. The van der Waals surface area contributed by atoms with Gasteiger partial charge in [-0.2, -0.15) is 0 Å². The van der Waals surface area contributed by atoms with E-state index in [0.29, 0.717) is 6.61 Å². The third kappa shape index (κ3) is 2.84. The Morgan fingerprint density at radius 1 is 1.10 bits per heavy atom. The van der Waals surface area contributed by atoms with Gasteiger partial charge in [0, 0.05) is 12.2 Å². The summed E-state index contributed by atoms with van der Waals surface area (Å²) in [5, 5.41) is 0. The molecule has 4 heteroatoms. The zero-order valence-electron chi connectivity index (χ0n) is 12.1. The van der Waals surface area contributed by atoms with Crippen molar-refractivity contribution in [2.45, 2.75) is 26.5 Å². The van der Waals surface area contributed by atoms with E-state index in [-0.39, 0.29) is 0 Å². The average Bonchev–Trinajstić information content (AvgIpc) is 2.85. The smallest absolute Gasteiger partial charge is 0.147 e. The first-order chi connectivity index (χ1) is 10.3. The van der Waals surface area contributed by atoms with Gasteiger partial charge in [-0.3, -0.25) is 0 Å². The number of hydrogen-bond acceptors (Lipinski definition) is 3. The van der Waals surface area contributed by atoms with Crippen molar-refractivity contribution in [2.24, 2.45) is 0 Å². The number of ether oxygens (including phenoxy) is 1. The van der Waals surface area contributed by atoms with Gasteiger partial charge in [-0.05, 0) is 42.8 Å². The van der Waals surface area contributed by atoms with Gasteiger partial charge in [-0.15, -0.1) is 0 Å². The maximum absolute atomic E-state index is 5.82. The lowest BCUT2D eigenvalue weighted by molar-refractivity contribution is 0.290. The highest BCUT2D eigenvalue weighted by Gasteiger charge is 2.10. The largest absolute Gasteiger partial charge is 0.486 e. The number of hydrogen-bond donors (Lipinski definition) is 1. The topological polar surface area (TPSA) is 53.1 Å². The summed E-state index contributed by atoms with van der Waals surface area (Å²) in [4.78, 5) is 4.68. The molecule has 0 saturated carbocycles. The predicted molar refractivity (Wildman–Crippen MR) is 85.2 cm³/mol. The summed E-state index contributed by atoms with van der Waals surface area (Å²) in [5.74, 6) is 1.76. The van der Waals surface area contributed by atoms with Gasteiger partial charge in [0.15, 0.2) is 0 Å². The number of para-hydroxylation sites is 2. The Labute approximate surface area is 124 Å². The Hall–Kier alpha value is -2.49. The van der Waals surface area contributed by atoms with Crippen LogP contribution < -0.4 is 10.5 Å². The second-order valence-electron chi connectivity index (χ2n) is 5.03. The molecule has 0 unspecified atom stereocenters. The molecule has 108 valence electrons. The third-order valence-corrected chi connectivity index (χ3v) is 3.43. The minimum atomic E-state index is 0.457. The van der Waals surface area contributed by atoms with Crippen LogP contribution >= 0.6 is 0 Å². The van der Waals surface area contributed by atoms with Crippen LogP contribution in [0.5, 0.6) is 5.75 Å². The van der Waals surface area contributed by atoms with Crippen molar-refractivity contribution in [1.29, 1.82) is 0 Å². The van der Waals surface area contributed by atoms with E-state index >= 15 is 0 Å². The summed E-state index contributed by atoms with van der Waals surface area (Å²) < 4.78 is 8.05. The second kappa shape index (κ2) is 5.87. The molecule has 0 amide bonds. The Morgan fingerprint density at radius 2 is 1.86 bits per heavy atom. The lowest BCUT2D eigenvalue weighted by atomic mass is 10.3. The molecule has 1 heterocycles. The Balaban J connectivity index is 1.85. The van der Waals surface area contributed by atoms with Gasteiger partial charge in [-0.1, -0.05) is 19.1 Å². The predicted octanol–water partition coefficient (Wildman–Crippen LogP) is 3.61. The number of nitrogens with zero attached hydrogens (tertiary/aromatic N) is 2. The number of aryl methyl sites for hydroxylation is 1. The summed E-state index contributed by atoms with van der Waals surface area (Å²) in [6.07, 6.45) is 1.06. The molecule has 0 aliphatic carbocycles. The van der Waals surface area contributed by atoms with Gasteiger partial charge < -0.3 is 15.0 Å². The first-order valence-electron chi connectivity index (χ1n) is 7.20. The summed E-state index contributed by atoms with van der Waals surface area (Å²) in [6.45, 7) is 3.57. The number of nitrogen functional groups attached to an aromatic ring is 1. The SMILES string of the molecule is CCCn1c(COc2ccc(N)cc2)nc2ccccc21. The van der Waals surface area contributed by atoms with E-state index in [2.05, 4.69) is 22.5 Å². The minimum Gasteiger partial charge on any atom is -0.486 e. The molecule has 1 aromatic heterocycles. The summed E-state index contributed by atoms with van der Waals surface area (Å²) in [6, 6.07) is 15.6. The van der Waals surface area contributed by atoms with Gasteiger partial charge in [0.05, 0.1) is 11.0 Å². The molecule has 0 aliphatic heterocycles. The Morgan fingerprint density at radius 3 is 2.62 bits per heavy atom. The van der Waals surface area contributed by atoms with E-state index in [1.165, 1.54) is 0 Å². The van der Waals surface area contributed by atoms with Gasteiger partial charge in [-0.25, -0.2) is 4.98 Å². The third-order valence-electron chi connectivity index (χ3n) is 3.43. The number of imidazole rings is 1. The highest BCUT2D eigenvalue weighted by atomic mass is 16.5. The molecular weight excluding hydrogens is 262 g/mol. The van der Waals surface area contributed by atoms with Crippen LogP contribution in [-0.2, 0) is 13.2 Å². The van der Waals surface area contributed by atoms with E-state index < -0.39 is 0 Å². The Bertz CT molecular complexity index is 731. The van der Waals surface area contributed by atoms with Crippen LogP contribution in [0.1, 0.15) is 19.2 Å². The first kappa shape index (κ1) is 13.5. The molecule has 0 aliphatic rings. The molecular formula is C17H19N3O. The maximum atomic E-state index is 5.82. The zero-order chi connectivity index (χ0) is 14.7. The fourth-order valence-corrected chi connectivity index (χ4v) is 2.42. The fourth-order valence-electron chi connectivity index (χ4n) is 2.42. The average molecular weight is 281 g/mol. The van der Waals surface area contributed by atoms with Crippen molar-refractivity contribution in [1.82, 2.24) is 9.55 Å². The lowest BCUT2D eigenvalue weighted by Crippen LogP contribution is -2.07. The molecule has 3 rings (SSSR count). The van der Waals surface area contributed by atoms with Gasteiger partial charge >= 0.3 is 0 Å². The number of fused-ring (bicyclic) bond motifs is 1. The number of aromatic nitrogens is 2. The van der Waals surface area contributed by atoms with E-state index in [9.17, 15) is 0 Å². The summed E-state index contributed by atoms with van der Waals surface area (Å²) >= 11 is 0. The maximum Gasteiger partial charge on any atom is 0.147 e. The molecule has 0 bridgehead atoms. The van der Waals surface area contributed by atoms with Crippen LogP contribution in [0.3, 0.4) is 0 Å². The van der Waals surface area contributed by atoms with Crippen molar-refractivity contribution in [3.05, 3.63) is 54.4 Å². The van der Waals surface area contributed by atoms with Crippen molar-refractivity contribution in [3.8, 4) is 5.75 Å². The minimum absolute atomic E-state index is 0.457. The number of rotatable bonds is 5. The molecule has 4 nitrogen and oxygen atoms in total. The van der Waals surface area contributed by atoms with Crippen LogP contribution in [0, 0.1) is 0 Å².